The SMILES string of the molecule is COC(=O)c1cc(NC(=O)COc2ccc(C(F)(F)F)cc2)c(F)cc1F. The Hall–Kier alpha value is -3.17. The van der Waals surface area contributed by atoms with Gasteiger partial charge in [0.05, 0.1) is 23.9 Å². The number of carbonyl (C=O) groups is 2. The van der Waals surface area contributed by atoms with Crippen molar-refractivity contribution in [2.75, 3.05) is 19.0 Å². The van der Waals surface area contributed by atoms with Gasteiger partial charge in [-0.25, -0.2) is 13.6 Å². The van der Waals surface area contributed by atoms with E-state index in [0.29, 0.717) is 6.07 Å². The van der Waals surface area contributed by atoms with Crippen LogP contribution in [0.4, 0.5) is 27.6 Å². The summed E-state index contributed by atoms with van der Waals surface area (Å²) in [7, 11) is 1.00. The van der Waals surface area contributed by atoms with Crippen LogP contribution < -0.4 is 10.1 Å². The van der Waals surface area contributed by atoms with Crippen LogP contribution in [0.3, 0.4) is 0 Å². The van der Waals surface area contributed by atoms with Crippen molar-refractivity contribution in [1.29, 1.82) is 0 Å². The number of hydrogen-bond donors (Lipinski definition) is 1. The molecule has 0 saturated carbocycles. The Kier molecular flexibility index (Phi) is 5.98. The van der Waals surface area contributed by atoms with E-state index in [1.807, 2.05) is 0 Å². The van der Waals surface area contributed by atoms with E-state index in [1.54, 1.807) is 0 Å². The van der Waals surface area contributed by atoms with Gasteiger partial charge >= 0.3 is 12.1 Å². The predicted octanol–water partition coefficient (Wildman–Crippen LogP) is 3.79. The van der Waals surface area contributed by atoms with E-state index in [9.17, 15) is 31.5 Å². The molecule has 10 heteroatoms. The molecular formula is C17H12F5NO4. The molecule has 0 unspecified atom stereocenters. The third kappa shape index (κ3) is 5.16. The molecule has 0 bridgehead atoms. The second-order valence-electron chi connectivity index (χ2n) is 5.16. The number of anilines is 1. The summed E-state index contributed by atoms with van der Waals surface area (Å²) in [4.78, 5) is 23.2. The first-order chi connectivity index (χ1) is 12.6. The van der Waals surface area contributed by atoms with Gasteiger partial charge in [-0.3, -0.25) is 4.79 Å². The number of carbonyl (C=O) groups excluding carboxylic acids is 2. The molecule has 5 nitrogen and oxygen atoms in total. The van der Waals surface area contributed by atoms with Crippen molar-refractivity contribution in [3.8, 4) is 5.75 Å². The first kappa shape index (κ1) is 20.1. The highest BCUT2D eigenvalue weighted by Crippen LogP contribution is 2.30. The second-order valence-corrected chi connectivity index (χ2v) is 5.16. The van der Waals surface area contributed by atoms with E-state index < -0.39 is 53.1 Å². The minimum absolute atomic E-state index is 0.0204. The van der Waals surface area contributed by atoms with Crippen molar-refractivity contribution < 1.29 is 41.0 Å². The Morgan fingerprint density at radius 3 is 2.22 bits per heavy atom. The molecule has 2 rings (SSSR count). The van der Waals surface area contributed by atoms with Crippen LogP contribution in [0.5, 0.6) is 5.75 Å². The summed E-state index contributed by atoms with van der Waals surface area (Å²) in [5, 5.41) is 2.07. The summed E-state index contributed by atoms with van der Waals surface area (Å²) < 4.78 is 74.0. The molecule has 0 aromatic heterocycles. The highest BCUT2D eigenvalue weighted by molar-refractivity contribution is 5.95. The molecule has 0 aliphatic heterocycles. The summed E-state index contributed by atoms with van der Waals surface area (Å²) in [6.45, 7) is -0.657. The average molecular weight is 389 g/mol. The normalized spacial score (nSPS) is 11.0. The average Bonchev–Trinajstić information content (AvgIpc) is 2.61. The van der Waals surface area contributed by atoms with Crippen LogP contribution in [0, 0.1) is 11.6 Å². The molecule has 0 atom stereocenters. The molecular weight excluding hydrogens is 377 g/mol. The van der Waals surface area contributed by atoms with Crippen molar-refractivity contribution in [2.24, 2.45) is 0 Å². The first-order valence-electron chi connectivity index (χ1n) is 7.29. The van der Waals surface area contributed by atoms with Gasteiger partial charge in [-0.1, -0.05) is 0 Å². The van der Waals surface area contributed by atoms with Crippen LogP contribution in [-0.2, 0) is 15.7 Å². The minimum Gasteiger partial charge on any atom is -0.484 e. The smallest absolute Gasteiger partial charge is 0.416 e. The fraction of sp³-hybridized carbons (Fsp3) is 0.176. The van der Waals surface area contributed by atoms with Crippen molar-refractivity contribution in [2.45, 2.75) is 6.18 Å². The number of hydrogen-bond acceptors (Lipinski definition) is 4. The summed E-state index contributed by atoms with van der Waals surface area (Å²) in [5.74, 6) is -4.27. The molecule has 0 spiro atoms. The quantitative estimate of drug-likeness (QED) is 0.624. The van der Waals surface area contributed by atoms with Gasteiger partial charge in [-0.05, 0) is 30.3 Å². The van der Waals surface area contributed by atoms with Gasteiger partial charge in [-0.2, -0.15) is 13.2 Å². The Labute approximate surface area is 149 Å². The number of nitrogens with one attached hydrogen (secondary N) is 1. The van der Waals surface area contributed by atoms with Crippen molar-refractivity contribution in [3.05, 3.63) is 59.2 Å². The van der Waals surface area contributed by atoms with Crippen molar-refractivity contribution >= 4 is 17.6 Å². The van der Waals surface area contributed by atoms with Gasteiger partial charge in [0.2, 0.25) is 0 Å². The molecule has 2 aromatic rings. The number of benzene rings is 2. The standard InChI is InChI=1S/C17H12F5NO4/c1-26-16(25)11-6-14(13(19)7-12(11)18)23-15(24)8-27-10-4-2-9(3-5-10)17(20,21)22/h2-7H,8H2,1H3,(H,23,24). The zero-order valence-corrected chi connectivity index (χ0v) is 13.7. The van der Waals surface area contributed by atoms with Crippen LogP contribution >= 0.6 is 0 Å². The van der Waals surface area contributed by atoms with Gasteiger partial charge in [0.15, 0.2) is 6.61 Å². The first-order valence-corrected chi connectivity index (χ1v) is 7.29. The van der Waals surface area contributed by atoms with Crippen molar-refractivity contribution in [1.82, 2.24) is 0 Å². The summed E-state index contributed by atoms with van der Waals surface area (Å²) in [6.07, 6.45) is -4.51. The molecule has 1 amide bonds. The number of amides is 1. The lowest BCUT2D eigenvalue weighted by molar-refractivity contribution is -0.137. The molecule has 0 aliphatic carbocycles. The predicted molar refractivity (Wildman–Crippen MR) is 83.3 cm³/mol. The van der Waals surface area contributed by atoms with E-state index in [4.69, 9.17) is 4.74 Å². The molecule has 1 N–H and O–H groups in total. The van der Waals surface area contributed by atoms with Gasteiger partial charge in [-0.15, -0.1) is 0 Å². The number of methoxy groups -OCH3 is 1. The maximum atomic E-state index is 13.7. The highest BCUT2D eigenvalue weighted by atomic mass is 19.4. The molecule has 0 saturated heterocycles. The lowest BCUT2D eigenvalue weighted by Gasteiger charge is -2.11. The Morgan fingerprint density at radius 1 is 1.04 bits per heavy atom. The van der Waals surface area contributed by atoms with E-state index in [1.165, 1.54) is 0 Å². The Morgan fingerprint density at radius 2 is 1.67 bits per heavy atom. The van der Waals surface area contributed by atoms with Crippen LogP contribution in [0.15, 0.2) is 36.4 Å². The largest absolute Gasteiger partial charge is 0.484 e. The minimum atomic E-state index is -4.51. The maximum absolute atomic E-state index is 13.7. The molecule has 27 heavy (non-hydrogen) atoms. The topological polar surface area (TPSA) is 64.6 Å². The summed E-state index contributed by atoms with van der Waals surface area (Å²) in [5.41, 5.74) is -1.96. The van der Waals surface area contributed by atoms with Gasteiger partial charge in [0.1, 0.15) is 17.4 Å². The molecule has 0 aliphatic rings. The number of halogens is 5. The third-order valence-electron chi connectivity index (χ3n) is 3.29. The maximum Gasteiger partial charge on any atom is 0.416 e. The number of alkyl halides is 3. The Balaban J connectivity index is 2.03. The molecule has 2 aromatic carbocycles. The third-order valence-corrected chi connectivity index (χ3v) is 3.29. The van der Waals surface area contributed by atoms with Crippen LogP contribution in [-0.4, -0.2) is 25.6 Å². The van der Waals surface area contributed by atoms with E-state index >= 15 is 0 Å². The Bertz CT molecular complexity index is 850. The van der Waals surface area contributed by atoms with Gasteiger partial charge < -0.3 is 14.8 Å². The number of ether oxygens (including phenoxy) is 2. The monoisotopic (exact) mass is 389 g/mol. The summed E-state index contributed by atoms with van der Waals surface area (Å²) in [6, 6.07) is 4.74. The fourth-order valence-electron chi connectivity index (χ4n) is 1.99. The van der Waals surface area contributed by atoms with Crippen LogP contribution in [0.2, 0.25) is 0 Å². The zero-order chi connectivity index (χ0) is 20.2. The van der Waals surface area contributed by atoms with Crippen molar-refractivity contribution in [3.63, 3.8) is 0 Å². The lowest BCUT2D eigenvalue weighted by Crippen LogP contribution is -2.21. The van der Waals surface area contributed by atoms with Gasteiger partial charge in [0.25, 0.3) is 5.91 Å². The number of esters is 1. The van der Waals surface area contributed by atoms with Crippen LogP contribution in [0.1, 0.15) is 15.9 Å². The second kappa shape index (κ2) is 8.02. The van der Waals surface area contributed by atoms with E-state index in [2.05, 4.69) is 10.1 Å². The van der Waals surface area contributed by atoms with E-state index in [0.717, 1.165) is 37.4 Å². The van der Waals surface area contributed by atoms with Crippen LogP contribution in [0.25, 0.3) is 0 Å². The molecule has 144 valence electrons. The zero-order valence-electron chi connectivity index (χ0n) is 13.7. The van der Waals surface area contributed by atoms with E-state index in [-0.39, 0.29) is 5.75 Å². The fourth-order valence-corrected chi connectivity index (χ4v) is 1.99. The molecule has 0 heterocycles. The highest BCUT2D eigenvalue weighted by Gasteiger charge is 2.30. The van der Waals surface area contributed by atoms with Gasteiger partial charge in [0, 0.05) is 6.07 Å². The summed E-state index contributed by atoms with van der Waals surface area (Å²) >= 11 is 0. The molecule has 0 radical (unpaired) electrons. The molecule has 0 fully saturated rings. The number of rotatable bonds is 5. The lowest BCUT2D eigenvalue weighted by atomic mass is 10.1.